The van der Waals surface area contributed by atoms with E-state index in [2.05, 4.69) is 10.6 Å². The first-order chi connectivity index (χ1) is 8.02. The maximum absolute atomic E-state index is 12.0. The van der Waals surface area contributed by atoms with Gasteiger partial charge in [-0.05, 0) is 25.8 Å². The van der Waals surface area contributed by atoms with Crippen LogP contribution in [0.2, 0.25) is 0 Å². The van der Waals surface area contributed by atoms with Gasteiger partial charge in [-0.15, -0.1) is 0 Å². The van der Waals surface area contributed by atoms with E-state index in [1.165, 1.54) is 0 Å². The smallest absolute Gasteiger partial charge is 0.334 e. The minimum absolute atomic E-state index is 0.211. The van der Waals surface area contributed by atoms with Gasteiger partial charge in [0.15, 0.2) is 6.10 Å². The number of aliphatic carboxylic acids is 1. The fraction of sp³-hybridized carbons (Fsp3) is 0.818. The van der Waals surface area contributed by atoms with Gasteiger partial charge in [0, 0.05) is 0 Å². The lowest BCUT2D eigenvalue weighted by Crippen LogP contribution is -2.55. The van der Waals surface area contributed by atoms with E-state index in [9.17, 15) is 9.59 Å². The average Bonchev–Trinajstić information content (AvgIpc) is 2.75. The number of amides is 1. The molecule has 2 atom stereocenters. The molecular formula is C11H20N2O4. The van der Waals surface area contributed by atoms with Gasteiger partial charge in [-0.25, -0.2) is 4.79 Å². The molecule has 1 amide bonds. The first-order valence-corrected chi connectivity index (χ1v) is 5.96. The molecule has 1 rings (SSSR count). The second kappa shape index (κ2) is 5.97. The highest BCUT2D eigenvalue weighted by Crippen LogP contribution is 2.24. The monoisotopic (exact) mass is 244 g/mol. The first-order valence-electron chi connectivity index (χ1n) is 5.96. The van der Waals surface area contributed by atoms with Crippen LogP contribution < -0.4 is 10.6 Å². The molecule has 1 aliphatic heterocycles. The number of carboxylic acid groups (broad SMARTS) is 1. The largest absolute Gasteiger partial charge is 0.479 e. The fourth-order valence-corrected chi connectivity index (χ4v) is 2.20. The van der Waals surface area contributed by atoms with E-state index in [4.69, 9.17) is 10.2 Å². The number of aliphatic hydroxyl groups is 1. The molecule has 17 heavy (non-hydrogen) atoms. The van der Waals surface area contributed by atoms with Crippen LogP contribution in [0.5, 0.6) is 0 Å². The zero-order valence-electron chi connectivity index (χ0n) is 10.0. The van der Waals surface area contributed by atoms with Crippen LogP contribution in [0, 0.1) is 0 Å². The molecule has 0 aromatic heterocycles. The summed E-state index contributed by atoms with van der Waals surface area (Å²) < 4.78 is 0. The predicted molar refractivity (Wildman–Crippen MR) is 61.5 cm³/mol. The summed E-state index contributed by atoms with van der Waals surface area (Å²) >= 11 is 0. The number of nitrogens with one attached hydrogen (secondary N) is 2. The SMILES string of the molecule is CCCC1(C(=O)NCC(O)C(=O)O)CCCN1. The molecule has 6 heteroatoms. The average molecular weight is 244 g/mol. The molecule has 0 radical (unpaired) electrons. The van der Waals surface area contributed by atoms with Crippen molar-refractivity contribution in [3.63, 3.8) is 0 Å². The van der Waals surface area contributed by atoms with Crippen molar-refractivity contribution < 1.29 is 19.8 Å². The van der Waals surface area contributed by atoms with Crippen molar-refractivity contribution in [3.8, 4) is 0 Å². The lowest BCUT2D eigenvalue weighted by molar-refractivity contribution is -0.146. The number of carbonyl (C=O) groups excluding carboxylic acids is 1. The fourth-order valence-electron chi connectivity index (χ4n) is 2.20. The van der Waals surface area contributed by atoms with Crippen molar-refractivity contribution in [2.45, 2.75) is 44.2 Å². The highest BCUT2D eigenvalue weighted by molar-refractivity contribution is 5.87. The van der Waals surface area contributed by atoms with Crippen LogP contribution in [-0.2, 0) is 9.59 Å². The number of rotatable bonds is 6. The molecule has 0 bridgehead atoms. The van der Waals surface area contributed by atoms with E-state index in [0.29, 0.717) is 0 Å². The zero-order chi connectivity index (χ0) is 12.9. The number of aliphatic hydroxyl groups excluding tert-OH is 1. The van der Waals surface area contributed by atoms with Gasteiger partial charge in [0.25, 0.3) is 0 Å². The zero-order valence-corrected chi connectivity index (χ0v) is 10.0. The third kappa shape index (κ3) is 3.41. The Labute approximate surface area is 100 Å². The summed E-state index contributed by atoms with van der Waals surface area (Å²) in [5.41, 5.74) is -0.576. The Morgan fingerprint density at radius 1 is 1.53 bits per heavy atom. The van der Waals surface area contributed by atoms with Crippen molar-refractivity contribution >= 4 is 11.9 Å². The molecule has 1 aliphatic rings. The van der Waals surface area contributed by atoms with Gasteiger partial charge < -0.3 is 20.8 Å². The molecule has 1 saturated heterocycles. The summed E-state index contributed by atoms with van der Waals surface area (Å²) in [4.78, 5) is 22.4. The Morgan fingerprint density at radius 3 is 2.71 bits per heavy atom. The summed E-state index contributed by atoms with van der Waals surface area (Å²) in [5, 5.41) is 23.3. The number of carbonyl (C=O) groups is 2. The summed E-state index contributed by atoms with van der Waals surface area (Å²) in [6.45, 7) is 2.55. The molecule has 1 heterocycles. The normalized spacial score (nSPS) is 25.5. The van der Waals surface area contributed by atoms with Crippen LogP contribution in [0.3, 0.4) is 0 Å². The van der Waals surface area contributed by atoms with Crippen LogP contribution in [0.4, 0.5) is 0 Å². The van der Waals surface area contributed by atoms with Gasteiger partial charge in [0.2, 0.25) is 5.91 Å². The summed E-state index contributed by atoms with van der Waals surface area (Å²) in [6, 6.07) is 0. The molecular weight excluding hydrogens is 224 g/mol. The number of hydrogen-bond acceptors (Lipinski definition) is 4. The molecule has 2 unspecified atom stereocenters. The number of carboxylic acids is 1. The van der Waals surface area contributed by atoms with Gasteiger partial charge in [-0.2, -0.15) is 0 Å². The van der Waals surface area contributed by atoms with E-state index in [1.807, 2.05) is 6.92 Å². The molecule has 98 valence electrons. The van der Waals surface area contributed by atoms with E-state index in [-0.39, 0.29) is 12.5 Å². The van der Waals surface area contributed by atoms with Gasteiger partial charge in [-0.1, -0.05) is 13.3 Å². The maximum Gasteiger partial charge on any atom is 0.334 e. The third-order valence-corrected chi connectivity index (χ3v) is 3.10. The second-order valence-electron chi connectivity index (χ2n) is 4.43. The van der Waals surface area contributed by atoms with Gasteiger partial charge in [-0.3, -0.25) is 4.79 Å². The molecule has 6 nitrogen and oxygen atoms in total. The van der Waals surface area contributed by atoms with Crippen LogP contribution in [0.25, 0.3) is 0 Å². The van der Waals surface area contributed by atoms with Gasteiger partial charge in [0.05, 0.1) is 12.1 Å². The highest BCUT2D eigenvalue weighted by atomic mass is 16.4. The lowest BCUT2D eigenvalue weighted by Gasteiger charge is -2.28. The topological polar surface area (TPSA) is 98.7 Å². The van der Waals surface area contributed by atoms with Gasteiger partial charge >= 0.3 is 5.97 Å². The van der Waals surface area contributed by atoms with E-state index in [0.717, 1.165) is 32.2 Å². The molecule has 4 N–H and O–H groups in total. The van der Waals surface area contributed by atoms with Crippen molar-refractivity contribution in [3.05, 3.63) is 0 Å². The summed E-state index contributed by atoms with van der Waals surface area (Å²) in [7, 11) is 0. The first kappa shape index (κ1) is 13.9. The summed E-state index contributed by atoms with van der Waals surface area (Å²) in [6.07, 6.45) is 1.76. The molecule has 1 fully saturated rings. The van der Waals surface area contributed by atoms with E-state index < -0.39 is 17.6 Å². The van der Waals surface area contributed by atoms with Crippen molar-refractivity contribution in [2.24, 2.45) is 0 Å². The van der Waals surface area contributed by atoms with Crippen LogP contribution in [-0.4, -0.2) is 46.8 Å². The van der Waals surface area contributed by atoms with E-state index >= 15 is 0 Å². The van der Waals surface area contributed by atoms with Crippen molar-refractivity contribution in [1.29, 1.82) is 0 Å². The number of hydrogen-bond donors (Lipinski definition) is 4. The molecule has 0 aromatic carbocycles. The molecule has 0 saturated carbocycles. The summed E-state index contributed by atoms with van der Waals surface area (Å²) in [5.74, 6) is -1.54. The van der Waals surface area contributed by atoms with Crippen LogP contribution >= 0.6 is 0 Å². The molecule has 0 aliphatic carbocycles. The predicted octanol–water partition coefficient (Wildman–Crippen LogP) is -0.530. The Kier molecular flexibility index (Phi) is 4.89. The van der Waals surface area contributed by atoms with Gasteiger partial charge in [0.1, 0.15) is 0 Å². The Morgan fingerprint density at radius 2 is 2.24 bits per heavy atom. The van der Waals surface area contributed by atoms with Crippen LogP contribution in [0.1, 0.15) is 32.6 Å². The maximum atomic E-state index is 12.0. The minimum atomic E-state index is -1.54. The highest BCUT2D eigenvalue weighted by Gasteiger charge is 2.39. The molecule has 0 aromatic rings. The third-order valence-electron chi connectivity index (χ3n) is 3.10. The Hall–Kier alpha value is -1.14. The van der Waals surface area contributed by atoms with Crippen LogP contribution in [0.15, 0.2) is 0 Å². The molecule has 0 spiro atoms. The van der Waals surface area contributed by atoms with E-state index in [1.54, 1.807) is 0 Å². The quantitative estimate of drug-likeness (QED) is 0.503. The minimum Gasteiger partial charge on any atom is -0.479 e. The van der Waals surface area contributed by atoms with Crippen molar-refractivity contribution in [1.82, 2.24) is 10.6 Å². The Balaban J connectivity index is 2.52. The van der Waals surface area contributed by atoms with Crippen molar-refractivity contribution in [2.75, 3.05) is 13.1 Å². The lowest BCUT2D eigenvalue weighted by atomic mass is 9.91. The second-order valence-corrected chi connectivity index (χ2v) is 4.43. The standard InChI is InChI=1S/C11H20N2O4/c1-2-4-11(5-3-6-13-11)10(17)12-7-8(14)9(15)16/h8,13-14H,2-7H2,1H3,(H,12,17)(H,15,16). The Bertz CT molecular complexity index is 287.